The average Bonchev–Trinajstić information content (AvgIpc) is 2.29. The summed E-state index contributed by atoms with van der Waals surface area (Å²) in [6.45, 7) is 5.10. The Bertz CT molecular complexity index is 529. The van der Waals surface area contributed by atoms with E-state index in [1.807, 2.05) is 0 Å². The van der Waals surface area contributed by atoms with Gasteiger partial charge in [-0.1, -0.05) is 20.8 Å². The van der Waals surface area contributed by atoms with Crippen molar-refractivity contribution in [3.05, 3.63) is 28.5 Å². The van der Waals surface area contributed by atoms with E-state index in [0.29, 0.717) is 4.47 Å². The van der Waals surface area contributed by atoms with Gasteiger partial charge in [-0.25, -0.2) is 14.0 Å². The lowest BCUT2D eigenvalue weighted by atomic mass is 9.87. The van der Waals surface area contributed by atoms with Crippen molar-refractivity contribution in [2.24, 2.45) is 5.41 Å². The van der Waals surface area contributed by atoms with Crippen LogP contribution in [-0.4, -0.2) is 23.1 Å². The van der Waals surface area contributed by atoms with E-state index in [2.05, 4.69) is 26.6 Å². The monoisotopic (exact) mass is 346 g/mol. The van der Waals surface area contributed by atoms with Crippen LogP contribution in [0.15, 0.2) is 22.7 Å². The Balaban J connectivity index is 2.81. The SMILES string of the molecule is CC(C)(C)[C@H](NC(=O)Nc1cc(F)ccc1Br)C(=O)O. The van der Waals surface area contributed by atoms with Gasteiger partial charge in [0.05, 0.1) is 5.69 Å². The number of carbonyl (C=O) groups excluding carboxylic acids is 1. The van der Waals surface area contributed by atoms with Crippen molar-refractivity contribution in [1.82, 2.24) is 5.32 Å². The van der Waals surface area contributed by atoms with E-state index in [1.54, 1.807) is 20.8 Å². The summed E-state index contributed by atoms with van der Waals surface area (Å²) < 4.78 is 13.6. The number of amides is 2. The standard InChI is InChI=1S/C13H16BrFN2O3/c1-13(2,3)10(11(18)19)17-12(20)16-9-6-7(15)4-5-8(9)14/h4-6,10H,1-3H3,(H,18,19)(H2,16,17,20)/t10-/m1/s1. The van der Waals surface area contributed by atoms with Gasteiger partial charge in [-0.05, 0) is 39.5 Å². The summed E-state index contributed by atoms with van der Waals surface area (Å²) >= 11 is 3.17. The van der Waals surface area contributed by atoms with Crippen LogP contribution < -0.4 is 10.6 Å². The van der Waals surface area contributed by atoms with E-state index in [9.17, 15) is 14.0 Å². The van der Waals surface area contributed by atoms with Crippen molar-refractivity contribution >= 4 is 33.6 Å². The smallest absolute Gasteiger partial charge is 0.326 e. The number of nitrogens with one attached hydrogen (secondary N) is 2. The summed E-state index contributed by atoms with van der Waals surface area (Å²) in [5, 5.41) is 13.9. The minimum atomic E-state index is -1.13. The molecule has 1 atom stereocenters. The summed E-state index contributed by atoms with van der Waals surface area (Å²) in [4.78, 5) is 23.0. The molecule has 0 spiro atoms. The fraction of sp³-hybridized carbons (Fsp3) is 0.385. The molecular formula is C13H16BrFN2O3. The van der Waals surface area contributed by atoms with Crippen molar-refractivity contribution in [1.29, 1.82) is 0 Å². The van der Waals surface area contributed by atoms with Crippen molar-refractivity contribution in [3.63, 3.8) is 0 Å². The maximum absolute atomic E-state index is 13.1. The number of urea groups is 1. The molecule has 0 heterocycles. The highest BCUT2D eigenvalue weighted by Crippen LogP contribution is 2.23. The van der Waals surface area contributed by atoms with Gasteiger partial charge in [0.15, 0.2) is 0 Å². The van der Waals surface area contributed by atoms with Gasteiger partial charge >= 0.3 is 12.0 Å². The molecule has 0 aliphatic carbocycles. The maximum Gasteiger partial charge on any atom is 0.326 e. The summed E-state index contributed by atoms with van der Waals surface area (Å²) in [6.07, 6.45) is 0. The Morgan fingerprint density at radius 1 is 1.35 bits per heavy atom. The molecule has 0 saturated heterocycles. The zero-order chi connectivity index (χ0) is 15.5. The fourth-order valence-electron chi connectivity index (χ4n) is 1.53. The Kier molecular flexibility index (Phi) is 5.10. The summed E-state index contributed by atoms with van der Waals surface area (Å²) in [5.41, 5.74) is -0.428. The van der Waals surface area contributed by atoms with Gasteiger partial charge in [-0.3, -0.25) is 0 Å². The number of rotatable bonds is 3. The van der Waals surface area contributed by atoms with Gasteiger partial charge in [0.2, 0.25) is 0 Å². The summed E-state index contributed by atoms with van der Waals surface area (Å²) in [6, 6.07) is 2.05. The second kappa shape index (κ2) is 6.21. The van der Waals surface area contributed by atoms with Gasteiger partial charge < -0.3 is 15.7 Å². The molecule has 0 aliphatic rings. The highest BCUT2D eigenvalue weighted by Gasteiger charge is 2.32. The molecule has 0 saturated carbocycles. The molecule has 3 N–H and O–H groups in total. The van der Waals surface area contributed by atoms with Gasteiger partial charge in [-0.15, -0.1) is 0 Å². The zero-order valence-corrected chi connectivity index (χ0v) is 12.9. The molecule has 1 rings (SSSR count). The lowest BCUT2D eigenvalue weighted by molar-refractivity contribution is -0.141. The first-order valence-corrected chi connectivity index (χ1v) is 6.66. The predicted molar refractivity (Wildman–Crippen MR) is 77.1 cm³/mol. The van der Waals surface area contributed by atoms with Gasteiger partial charge in [-0.2, -0.15) is 0 Å². The molecule has 20 heavy (non-hydrogen) atoms. The second-order valence-corrected chi connectivity index (χ2v) is 6.21. The van der Waals surface area contributed by atoms with Crippen LogP contribution >= 0.6 is 15.9 Å². The lowest BCUT2D eigenvalue weighted by Crippen LogP contribution is -2.50. The van der Waals surface area contributed by atoms with Crippen LogP contribution in [0.2, 0.25) is 0 Å². The number of aliphatic carboxylic acids is 1. The molecule has 1 aromatic carbocycles. The number of carboxylic acids is 1. The first-order valence-electron chi connectivity index (χ1n) is 5.86. The number of carbonyl (C=O) groups is 2. The average molecular weight is 347 g/mol. The minimum absolute atomic E-state index is 0.223. The molecule has 0 unspecified atom stereocenters. The zero-order valence-electron chi connectivity index (χ0n) is 11.3. The first-order chi connectivity index (χ1) is 9.11. The Morgan fingerprint density at radius 2 is 1.95 bits per heavy atom. The van der Waals surface area contributed by atoms with Crippen molar-refractivity contribution in [3.8, 4) is 0 Å². The number of hydrogen-bond acceptors (Lipinski definition) is 2. The molecule has 7 heteroatoms. The number of halogens is 2. The molecule has 5 nitrogen and oxygen atoms in total. The number of carboxylic acid groups (broad SMARTS) is 1. The van der Waals surface area contributed by atoms with Crippen LogP contribution in [0, 0.1) is 11.2 Å². The van der Waals surface area contributed by atoms with E-state index < -0.39 is 29.3 Å². The number of hydrogen-bond donors (Lipinski definition) is 3. The molecule has 0 aliphatic heterocycles. The molecule has 0 radical (unpaired) electrons. The quantitative estimate of drug-likeness (QED) is 0.786. The largest absolute Gasteiger partial charge is 0.480 e. The minimum Gasteiger partial charge on any atom is -0.480 e. The van der Waals surface area contributed by atoms with Gasteiger partial charge in [0.1, 0.15) is 11.9 Å². The molecular weight excluding hydrogens is 331 g/mol. The third kappa shape index (κ3) is 4.48. The van der Waals surface area contributed by atoms with Crippen LogP contribution in [0.5, 0.6) is 0 Å². The number of benzene rings is 1. The van der Waals surface area contributed by atoms with Crippen molar-refractivity contribution in [2.45, 2.75) is 26.8 Å². The molecule has 2 amide bonds. The van der Waals surface area contributed by atoms with Crippen LogP contribution in [0.3, 0.4) is 0 Å². The van der Waals surface area contributed by atoms with Gasteiger partial charge in [0, 0.05) is 4.47 Å². The Labute approximate surface area is 124 Å². The van der Waals surface area contributed by atoms with Crippen molar-refractivity contribution in [2.75, 3.05) is 5.32 Å². The Hall–Kier alpha value is -1.63. The van der Waals surface area contributed by atoms with Crippen LogP contribution in [0.25, 0.3) is 0 Å². The highest BCUT2D eigenvalue weighted by molar-refractivity contribution is 9.10. The van der Waals surface area contributed by atoms with Gasteiger partial charge in [0.25, 0.3) is 0 Å². The highest BCUT2D eigenvalue weighted by atomic mass is 79.9. The number of anilines is 1. The topological polar surface area (TPSA) is 78.4 Å². The molecule has 0 bridgehead atoms. The van der Waals surface area contributed by atoms with Crippen LogP contribution in [0.1, 0.15) is 20.8 Å². The first kappa shape index (κ1) is 16.4. The Morgan fingerprint density at radius 3 is 2.45 bits per heavy atom. The van der Waals surface area contributed by atoms with Crippen LogP contribution in [0.4, 0.5) is 14.9 Å². The third-order valence-electron chi connectivity index (χ3n) is 2.57. The summed E-state index contributed by atoms with van der Waals surface area (Å²) in [5.74, 6) is -1.64. The van der Waals surface area contributed by atoms with E-state index in [4.69, 9.17) is 5.11 Å². The van der Waals surface area contributed by atoms with Crippen LogP contribution in [-0.2, 0) is 4.79 Å². The van der Waals surface area contributed by atoms with E-state index in [-0.39, 0.29) is 5.69 Å². The third-order valence-corrected chi connectivity index (χ3v) is 3.26. The van der Waals surface area contributed by atoms with E-state index in [1.165, 1.54) is 12.1 Å². The molecule has 0 aromatic heterocycles. The van der Waals surface area contributed by atoms with E-state index >= 15 is 0 Å². The van der Waals surface area contributed by atoms with Crippen molar-refractivity contribution < 1.29 is 19.1 Å². The van der Waals surface area contributed by atoms with E-state index in [0.717, 1.165) is 6.07 Å². The second-order valence-electron chi connectivity index (χ2n) is 5.36. The normalized spacial score (nSPS) is 12.7. The molecule has 110 valence electrons. The molecule has 0 fully saturated rings. The molecule has 1 aromatic rings. The maximum atomic E-state index is 13.1. The predicted octanol–water partition coefficient (Wildman–Crippen LogP) is 3.21. The fourth-order valence-corrected chi connectivity index (χ4v) is 1.88. The lowest BCUT2D eigenvalue weighted by Gasteiger charge is -2.27. The summed E-state index contributed by atoms with van der Waals surface area (Å²) in [7, 11) is 0.